The van der Waals surface area contributed by atoms with Crippen molar-refractivity contribution >= 4 is 6.03 Å². The number of hydrogen-bond acceptors (Lipinski definition) is 3. The second kappa shape index (κ2) is 7.09. The monoisotopic (exact) mass is 263 g/mol. The Hall–Kier alpha value is -1.62. The minimum atomic E-state index is -0.366. The van der Waals surface area contributed by atoms with Gasteiger partial charge in [-0.15, -0.1) is 0 Å². The highest BCUT2D eigenvalue weighted by Gasteiger charge is 2.21. The summed E-state index contributed by atoms with van der Waals surface area (Å²) in [6.45, 7) is 1.85. The molecule has 104 valence electrons. The molecule has 1 aromatic heterocycles. The highest BCUT2D eigenvalue weighted by Crippen LogP contribution is 2.09. The van der Waals surface area contributed by atoms with E-state index in [-0.39, 0.29) is 12.1 Å². The number of aliphatic hydroxyl groups excluding tert-OH is 1. The molecule has 2 rings (SSSR count). The van der Waals surface area contributed by atoms with E-state index < -0.39 is 0 Å². The number of nitrogens with zero attached hydrogens (tertiary/aromatic N) is 2. The molecule has 0 radical (unpaired) electrons. The van der Waals surface area contributed by atoms with Gasteiger partial charge in [0, 0.05) is 32.0 Å². The third-order valence-electron chi connectivity index (χ3n) is 3.32. The van der Waals surface area contributed by atoms with Gasteiger partial charge < -0.3 is 15.3 Å². The molecule has 1 aliphatic rings. The maximum absolute atomic E-state index is 11.8. The lowest BCUT2D eigenvalue weighted by Gasteiger charge is -2.30. The summed E-state index contributed by atoms with van der Waals surface area (Å²) in [4.78, 5) is 17.6. The molecule has 1 saturated heterocycles. The molecule has 0 unspecified atom stereocenters. The molecule has 1 atom stereocenters. The summed E-state index contributed by atoms with van der Waals surface area (Å²) < 4.78 is 0. The van der Waals surface area contributed by atoms with Gasteiger partial charge >= 0.3 is 6.03 Å². The van der Waals surface area contributed by atoms with Gasteiger partial charge in [-0.3, -0.25) is 4.98 Å². The summed E-state index contributed by atoms with van der Waals surface area (Å²) in [5.41, 5.74) is 1.19. The van der Waals surface area contributed by atoms with Crippen molar-refractivity contribution in [1.29, 1.82) is 0 Å². The summed E-state index contributed by atoms with van der Waals surface area (Å²) in [6.07, 6.45) is 6.73. The van der Waals surface area contributed by atoms with Crippen molar-refractivity contribution in [1.82, 2.24) is 15.2 Å². The number of aromatic nitrogens is 1. The van der Waals surface area contributed by atoms with Crippen LogP contribution >= 0.6 is 0 Å². The normalized spacial score (nSPS) is 19.2. The lowest BCUT2D eigenvalue weighted by molar-refractivity contribution is 0.0843. The molecule has 1 fully saturated rings. The van der Waals surface area contributed by atoms with Crippen molar-refractivity contribution in [2.24, 2.45) is 0 Å². The van der Waals surface area contributed by atoms with Crippen molar-refractivity contribution in [3.05, 3.63) is 30.1 Å². The topological polar surface area (TPSA) is 65.5 Å². The second-order valence-electron chi connectivity index (χ2n) is 4.94. The summed E-state index contributed by atoms with van der Waals surface area (Å²) in [6, 6.07) is 3.89. The van der Waals surface area contributed by atoms with E-state index in [9.17, 15) is 9.90 Å². The zero-order chi connectivity index (χ0) is 13.5. The van der Waals surface area contributed by atoms with Gasteiger partial charge in [0.2, 0.25) is 0 Å². The van der Waals surface area contributed by atoms with Crippen LogP contribution in [0.1, 0.15) is 24.8 Å². The van der Waals surface area contributed by atoms with Gasteiger partial charge in [0.25, 0.3) is 0 Å². The van der Waals surface area contributed by atoms with Crippen LogP contribution in [-0.2, 0) is 6.42 Å². The molecule has 1 aromatic rings. The fourth-order valence-electron chi connectivity index (χ4n) is 2.28. The van der Waals surface area contributed by atoms with Gasteiger partial charge in [-0.1, -0.05) is 6.07 Å². The lowest BCUT2D eigenvalue weighted by atomic mass is 10.1. The number of carbonyl (C=O) groups excluding carboxylic acids is 1. The number of piperidine rings is 1. The third-order valence-corrected chi connectivity index (χ3v) is 3.32. The van der Waals surface area contributed by atoms with Gasteiger partial charge in [0.15, 0.2) is 0 Å². The predicted molar refractivity (Wildman–Crippen MR) is 72.8 cm³/mol. The Morgan fingerprint density at radius 2 is 2.47 bits per heavy atom. The van der Waals surface area contributed by atoms with E-state index >= 15 is 0 Å². The fraction of sp³-hybridized carbons (Fsp3) is 0.571. The van der Waals surface area contributed by atoms with Crippen LogP contribution < -0.4 is 5.32 Å². The van der Waals surface area contributed by atoms with E-state index in [1.165, 1.54) is 5.56 Å². The number of urea groups is 1. The van der Waals surface area contributed by atoms with E-state index in [4.69, 9.17) is 0 Å². The first-order valence-corrected chi connectivity index (χ1v) is 6.85. The van der Waals surface area contributed by atoms with Crippen molar-refractivity contribution in [2.45, 2.75) is 31.8 Å². The van der Waals surface area contributed by atoms with E-state index in [2.05, 4.69) is 10.3 Å². The predicted octanol–water partition coefficient (Wildman–Crippen LogP) is 1.18. The standard InChI is InChI=1S/C14H21N3O2/c18-13-6-3-9-17(11-13)14(19)16-8-2-5-12-4-1-7-15-10-12/h1,4,7,10,13,18H,2-3,5-6,8-9,11H2,(H,16,19)/t13-/m1/s1. The SMILES string of the molecule is O=C(NCCCc1cccnc1)N1CCC[C@@H](O)C1. The van der Waals surface area contributed by atoms with Crippen molar-refractivity contribution in [2.75, 3.05) is 19.6 Å². The summed E-state index contributed by atoms with van der Waals surface area (Å²) in [7, 11) is 0. The van der Waals surface area contributed by atoms with Crippen LogP contribution in [-0.4, -0.2) is 46.8 Å². The average Bonchev–Trinajstić information content (AvgIpc) is 2.44. The molecule has 2 amide bonds. The number of hydrogen-bond donors (Lipinski definition) is 2. The maximum atomic E-state index is 11.8. The van der Waals surface area contributed by atoms with Crippen molar-refractivity contribution in [3.63, 3.8) is 0 Å². The summed E-state index contributed by atoms with van der Waals surface area (Å²) >= 11 is 0. The largest absolute Gasteiger partial charge is 0.391 e. The average molecular weight is 263 g/mol. The Bertz CT molecular complexity index is 397. The van der Waals surface area contributed by atoms with Gasteiger partial charge in [-0.25, -0.2) is 4.79 Å². The van der Waals surface area contributed by atoms with Crippen LogP contribution in [0, 0.1) is 0 Å². The van der Waals surface area contributed by atoms with Gasteiger partial charge in [0.1, 0.15) is 0 Å². The molecule has 5 nitrogen and oxygen atoms in total. The number of rotatable bonds is 4. The van der Waals surface area contributed by atoms with E-state index in [1.54, 1.807) is 11.1 Å². The van der Waals surface area contributed by atoms with Crippen molar-refractivity contribution < 1.29 is 9.90 Å². The first-order chi connectivity index (χ1) is 9.25. The number of aryl methyl sites for hydroxylation is 1. The molecule has 5 heteroatoms. The molecule has 2 N–H and O–H groups in total. The number of carbonyl (C=O) groups is 1. The third kappa shape index (κ3) is 4.52. The van der Waals surface area contributed by atoms with E-state index in [0.717, 1.165) is 32.2 Å². The summed E-state index contributed by atoms with van der Waals surface area (Å²) in [5, 5.41) is 12.4. The quantitative estimate of drug-likeness (QED) is 0.802. The van der Waals surface area contributed by atoms with E-state index in [1.807, 2.05) is 18.3 Å². The lowest BCUT2D eigenvalue weighted by Crippen LogP contribution is -2.47. The summed E-state index contributed by atoms with van der Waals surface area (Å²) in [5.74, 6) is 0. The Labute approximate surface area is 113 Å². The molecule has 0 saturated carbocycles. The van der Waals surface area contributed by atoms with Crippen molar-refractivity contribution in [3.8, 4) is 0 Å². The van der Waals surface area contributed by atoms with Gasteiger partial charge in [-0.2, -0.15) is 0 Å². The first-order valence-electron chi connectivity index (χ1n) is 6.85. The number of pyridine rings is 1. The fourth-order valence-corrected chi connectivity index (χ4v) is 2.28. The van der Waals surface area contributed by atoms with Gasteiger partial charge in [0.05, 0.1) is 6.10 Å². The van der Waals surface area contributed by atoms with Crippen LogP contribution in [0.2, 0.25) is 0 Å². The van der Waals surface area contributed by atoms with Crippen LogP contribution in [0.15, 0.2) is 24.5 Å². The number of β-amino-alcohol motifs (C(OH)–C–C–N with tert-alkyl or cyclic N) is 1. The molecule has 0 aromatic carbocycles. The Morgan fingerprint density at radius 1 is 1.58 bits per heavy atom. The maximum Gasteiger partial charge on any atom is 0.317 e. The second-order valence-corrected chi connectivity index (χ2v) is 4.94. The van der Waals surface area contributed by atoms with E-state index in [0.29, 0.717) is 13.1 Å². The zero-order valence-electron chi connectivity index (χ0n) is 11.1. The Morgan fingerprint density at radius 3 is 3.21 bits per heavy atom. The highest BCUT2D eigenvalue weighted by molar-refractivity contribution is 5.74. The van der Waals surface area contributed by atoms with Crippen LogP contribution in [0.25, 0.3) is 0 Å². The molecule has 0 bridgehead atoms. The Balaban J connectivity index is 1.64. The number of amides is 2. The molecule has 19 heavy (non-hydrogen) atoms. The molecule has 2 heterocycles. The first kappa shape index (κ1) is 13.8. The van der Waals surface area contributed by atoms with Crippen LogP contribution in [0.5, 0.6) is 0 Å². The number of nitrogens with one attached hydrogen (secondary N) is 1. The minimum Gasteiger partial charge on any atom is -0.391 e. The van der Waals surface area contributed by atoms with Crippen LogP contribution in [0.3, 0.4) is 0 Å². The Kier molecular flexibility index (Phi) is 5.15. The minimum absolute atomic E-state index is 0.0649. The number of likely N-dealkylation sites (tertiary alicyclic amines) is 1. The molecule has 0 spiro atoms. The molecule has 1 aliphatic heterocycles. The zero-order valence-corrected chi connectivity index (χ0v) is 11.1. The molecule has 0 aliphatic carbocycles. The molecular formula is C14H21N3O2. The van der Waals surface area contributed by atoms with Gasteiger partial charge in [-0.05, 0) is 37.3 Å². The smallest absolute Gasteiger partial charge is 0.317 e. The van der Waals surface area contributed by atoms with Crippen LogP contribution in [0.4, 0.5) is 4.79 Å². The molecular weight excluding hydrogens is 242 g/mol. The number of aliphatic hydroxyl groups is 1. The highest BCUT2D eigenvalue weighted by atomic mass is 16.3.